The van der Waals surface area contributed by atoms with Gasteiger partial charge in [-0.2, -0.15) is 11.0 Å². The standard InChI is InChI=1S/C17H25NO3S2.Na.Zn/c19-16(9-5-4-8-14(23)10-11-22)18-15(17(20)21)12-13-6-2-1-3-7-13;;/h1-3,6-7,14-15,22-23H,4-5,8-12H2,(H,18,19)(H,20,21);;/q;+1;+2/p-3. The number of carbonyl (C=O) groups is 2. The van der Waals surface area contributed by atoms with Gasteiger partial charge < -0.3 is 40.5 Å². The van der Waals surface area contributed by atoms with Gasteiger partial charge in [0.05, 0.1) is 12.0 Å². The maximum atomic E-state index is 11.9. The van der Waals surface area contributed by atoms with Crippen molar-refractivity contribution < 1.29 is 63.7 Å². The Bertz CT molecular complexity index is 494. The van der Waals surface area contributed by atoms with Gasteiger partial charge in [0.25, 0.3) is 0 Å². The van der Waals surface area contributed by atoms with Crippen molar-refractivity contribution in [1.29, 1.82) is 0 Å². The fourth-order valence-electron chi connectivity index (χ4n) is 2.24. The topological polar surface area (TPSA) is 69.2 Å². The van der Waals surface area contributed by atoms with E-state index >= 15 is 0 Å². The summed E-state index contributed by atoms with van der Waals surface area (Å²) in [5, 5.41) is 13.9. The maximum absolute atomic E-state index is 11.9. The van der Waals surface area contributed by atoms with Crippen LogP contribution in [0.3, 0.4) is 0 Å². The molecule has 2 unspecified atom stereocenters. The van der Waals surface area contributed by atoms with Crippen LogP contribution in [0.25, 0.3) is 0 Å². The molecule has 0 saturated carbocycles. The van der Waals surface area contributed by atoms with Crippen molar-refractivity contribution in [1.82, 2.24) is 5.32 Å². The molecule has 0 saturated heterocycles. The minimum Gasteiger partial charge on any atom is -0.793 e. The molecular formula is C17H22NNaO3S2Zn. The van der Waals surface area contributed by atoms with E-state index in [1.54, 1.807) is 0 Å². The molecule has 0 aliphatic carbocycles. The van der Waals surface area contributed by atoms with Crippen LogP contribution in [0.2, 0.25) is 0 Å². The molecule has 8 heteroatoms. The Morgan fingerprint density at radius 3 is 2.32 bits per heavy atom. The van der Waals surface area contributed by atoms with Gasteiger partial charge in [0.2, 0.25) is 5.91 Å². The van der Waals surface area contributed by atoms with Gasteiger partial charge in [0.15, 0.2) is 0 Å². The summed E-state index contributed by atoms with van der Waals surface area (Å²) in [7, 11) is 0. The zero-order valence-electron chi connectivity index (χ0n) is 14.7. The smallest absolute Gasteiger partial charge is 0.793 e. The molecule has 0 radical (unpaired) electrons. The predicted octanol–water partition coefficient (Wildman–Crippen LogP) is -2.12. The van der Waals surface area contributed by atoms with Crippen molar-refractivity contribution in [3.05, 3.63) is 35.9 Å². The summed E-state index contributed by atoms with van der Waals surface area (Å²) in [6.07, 6.45) is 3.79. The number of carboxylic acid groups (broad SMARTS) is 1. The number of carboxylic acids is 1. The summed E-state index contributed by atoms with van der Waals surface area (Å²) < 4.78 is 0. The van der Waals surface area contributed by atoms with Crippen molar-refractivity contribution >= 4 is 37.1 Å². The Hall–Kier alpha value is 0.483. The van der Waals surface area contributed by atoms with E-state index in [-0.39, 0.29) is 66.6 Å². The van der Waals surface area contributed by atoms with Crippen LogP contribution in [0.5, 0.6) is 0 Å². The molecule has 1 N–H and O–H groups in total. The van der Waals surface area contributed by atoms with E-state index in [4.69, 9.17) is 25.3 Å². The van der Waals surface area contributed by atoms with E-state index in [9.17, 15) is 14.7 Å². The molecule has 1 aromatic carbocycles. The number of aliphatic carboxylic acids is 1. The van der Waals surface area contributed by atoms with Crippen molar-refractivity contribution in [3.8, 4) is 0 Å². The number of nitrogens with one attached hydrogen (secondary N) is 1. The van der Waals surface area contributed by atoms with Crippen LogP contribution in [-0.4, -0.2) is 28.9 Å². The molecule has 0 aromatic heterocycles. The number of hydrogen-bond donors (Lipinski definition) is 1. The summed E-state index contributed by atoms with van der Waals surface area (Å²) >= 11 is 10.1. The molecule has 25 heavy (non-hydrogen) atoms. The molecule has 1 rings (SSSR count). The first-order valence-electron chi connectivity index (χ1n) is 7.81. The van der Waals surface area contributed by atoms with Gasteiger partial charge in [0.1, 0.15) is 0 Å². The second kappa shape index (κ2) is 16.6. The molecule has 4 nitrogen and oxygen atoms in total. The van der Waals surface area contributed by atoms with Crippen LogP contribution >= 0.6 is 0 Å². The van der Waals surface area contributed by atoms with Crippen LogP contribution in [0.4, 0.5) is 0 Å². The first kappa shape index (κ1) is 27.7. The molecule has 0 aliphatic rings. The minimum atomic E-state index is -1.27. The summed E-state index contributed by atoms with van der Waals surface area (Å²) in [6, 6.07) is 8.16. The quantitative estimate of drug-likeness (QED) is 0.242. The van der Waals surface area contributed by atoms with Gasteiger partial charge >= 0.3 is 49.0 Å². The number of amides is 1. The van der Waals surface area contributed by atoms with Gasteiger partial charge in [-0.05, 0) is 18.4 Å². The Kier molecular flexibility index (Phi) is 18.4. The molecule has 0 bridgehead atoms. The molecule has 1 amide bonds. The summed E-state index contributed by atoms with van der Waals surface area (Å²) in [4.78, 5) is 23.1. The van der Waals surface area contributed by atoms with E-state index in [1.165, 1.54) is 0 Å². The van der Waals surface area contributed by atoms with Gasteiger partial charge in [-0.1, -0.05) is 49.6 Å². The van der Waals surface area contributed by atoms with Crippen molar-refractivity contribution in [2.45, 2.75) is 49.8 Å². The van der Waals surface area contributed by atoms with Crippen LogP contribution in [0.15, 0.2) is 30.3 Å². The molecule has 0 spiro atoms. The molecule has 0 fully saturated rings. The van der Waals surface area contributed by atoms with E-state index in [1.807, 2.05) is 30.3 Å². The fourth-order valence-corrected chi connectivity index (χ4v) is 2.96. The van der Waals surface area contributed by atoms with Crippen molar-refractivity contribution in [3.63, 3.8) is 0 Å². The first-order chi connectivity index (χ1) is 11.0. The minimum absolute atomic E-state index is 0. The van der Waals surface area contributed by atoms with Gasteiger partial charge in [-0.25, -0.2) is 0 Å². The SMILES string of the molecule is O=C(CCCCC([S-])CC[S-])NC(Cc1ccccc1)C(=O)[O-].[Na+].[Zn+2]. The van der Waals surface area contributed by atoms with E-state index < -0.39 is 12.0 Å². The third-order valence-corrected chi connectivity index (χ3v) is 4.23. The Morgan fingerprint density at radius 2 is 1.76 bits per heavy atom. The third-order valence-electron chi connectivity index (χ3n) is 3.52. The number of hydrogen-bond acceptors (Lipinski definition) is 5. The Morgan fingerprint density at radius 1 is 1.12 bits per heavy atom. The van der Waals surface area contributed by atoms with E-state index in [0.717, 1.165) is 24.8 Å². The average Bonchev–Trinajstić information content (AvgIpc) is 2.52. The van der Waals surface area contributed by atoms with Crippen molar-refractivity contribution in [2.24, 2.45) is 0 Å². The summed E-state index contributed by atoms with van der Waals surface area (Å²) in [5.74, 6) is -0.862. The van der Waals surface area contributed by atoms with Gasteiger partial charge in [0, 0.05) is 6.42 Å². The van der Waals surface area contributed by atoms with Crippen LogP contribution in [0, 0.1) is 0 Å². The number of rotatable bonds is 11. The number of benzene rings is 1. The van der Waals surface area contributed by atoms with Gasteiger partial charge in [-0.15, -0.1) is 0 Å². The third kappa shape index (κ3) is 13.3. The Labute approximate surface area is 196 Å². The fraction of sp³-hybridized carbons (Fsp3) is 0.529. The molecule has 128 valence electrons. The number of unbranched alkanes of at least 4 members (excludes halogenated alkanes) is 1. The van der Waals surface area contributed by atoms with Gasteiger partial charge in [-0.3, -0.25) is 4.79 Å². The van der Waals surface area contributed by atoms with Crippen LogP contribution in [0.1, 0.15) is 37.7 Å². The molecule has 1 aromatic rings. The summed E-state index contributed by atoms with van der Waals surface area (Å²) in [6.45, 7) is 0. The second-order valence-corrected chi connectivity index (χ2v) is 6.56. The number of carbonyl (C=O) groups excluding carboxylic acids is 2. The molecule has 0 aliphatic heterocycles. The maximum Gasteiger partial charge on any atom is 2.00 e. The van der Waals surface area contributed by atoms with E-state index in [2.05, 4.69) is 5.32 Å². The van der Waals surface area contributed by atoms with E-state index in [0.29, 0.717) is 18.6 Å². The second-order valence-electron chi connectivity index (χ2n) is 5.49. The average molecular weight is 441 g/mol. The van der Waals surface area contributed by atoms with Crippen LogP contribution in [-0.2, 0) is 60.7 Å². The van der Waals surface area contributed by atoms with Crippen molar-refractivity contribution in [2.75, 3.05) is 5.75 Å². The predicted molar refractivity (Wildman–Crippen MR) is 93.6 cm³/mol. The molecule has 2 atom stereocenters. The molecule has 0 heterocycles. The monoisotopic (exact) mass is 439 g/mol. The zero-order chi connectivity index (χ0) is 17.1. The Balaban J connectivity index is 0. The largest absolute Gasteiger partial charge is 2.00 e. The summed E-state index contributed by atoms with van der Waals surface area (Å²) in [5.41, 5.74) is 0.847. The molecular weight excluding hydrogens is 419 g/mol. The first-order valence-corrected chi connectivity index (χ1v) is 8.86. The van der Waals surface area contributed by atoms with Crippen LogP contribution < -0.4 is 40.0 Å². The normalized spacial score (nSPS) is 12.2. The zero-order valence-corrected chi connectivity index (χ0v) is 21.3.